The average molecular weight is 310 g/mol. The fourth-order valence-corrected chi connectivity index (χ4v) is 1.91. The Hall–Kier alpha value is -1.22. The van der Waals surface area contributed by atoms with Gasteiger partial charge in [-0.2, -0.15) is 0 Å². The summed E-state index contributed by atoms with van der Waals surface area (Å²) in [4.78, 5) is 21.5. The minimum atomic E-state index is -0.506. The molecule has 19 heavy (non-hydrogen) atoms. The Labute approximate surface area is 120 Å². The fourth-order valence-electron chi connectivity index (χ4n) is 1.21. The van der Waals surface area contributed by atoms with Gasteiger partial charge in [0, 0.05) is 38.2 Å². The van der Waals surface area contributed by atoms with Gasteiger partial charge in [0.25, 0.3) is 5.91 Å². The number of ether oxygens (including phenoxy) is 1. The van der Waals surface area contributed by atoms with E-state index in [4.69, 9.17) is 4.74 Å². The van der Waals surface area contributed by atoms with E-state index in [0.717, 1.165) is 17.9 Å². The lowest BCUT2D eigenvalue weighted by molar-refractivity contribution is -0.380. The van der Waals surface area contributed by atoms with Gasteiger partial charge in [0.2, 0.25) is 0 Å². The van der Waals surface area contributed by atoms with Gasteiger partial charge >= 0.3 is 5.00 Å². The first-order chi connectivity index (χ1) is 8.65. The van der Waals surface area contributed by atoms with Crippen molar-refractivity contribution in [1.82, 2.24) is 10.6 Å². The molecule has 0 unspecified atom stereocenters. The largest absolute Gasteiger partial charge is 0.383 e. The van der Waals surface area contributed by atoms with Crippen molar-refractivity contribution in [3.05, 3.63) is 27.1 Å². The van der Waals surface area contributed by atoms with Crippen LogP contribution in [-0.2, 0) is 4.74 Å². The smallest absolute Gasteiger partial charge is 0.324 e. The number of carbonyl (C=O) groups is 1. The highest BCUT2D eigenvalue weighted by molar-refractivity contribution is 7.13. The van der Waals surface area contributed by atoms with Gasteiger partial charge in [-0.3, -0.25) is 14.9 Å². The van der Waals surface area contributed by atoms with Crippen molar-refractivity contribution < 1.29 is 14.5 Å². The highest BCUT2D eigenvalue weighted by atomic mass is 35.5. The molecule has 0 aliphatic rings. The van der Waals surface area contributed by atoms with E-state index < -0.39 is 4.92 Å². The average Bonchev–Trinajstić information content (AvgIpc) is 2.83. The number of carbonyl (C=O) groups excluding carboxylic acids is 1. The third kappa shape index (κ3) is 6.48. The monoisotopic (exact) mass is 309 g/mol. The van der Waals surface area contributed by atoms with Crippen LogP contribution in [0.4, 0.5) is 5.00 Å². The Morgan fingerprint density at radius 1 is 1.47 bits per heavy atom. The summed E-state index contributed by atoms with van der Waals surface area (Å²) in [6, 6.07) is 1.28. The molecule has 9 heteroatoms. The molecule has 1 amide bonds. The number of thiophene rings is 1. The Bertz CT molecular complexity index is 413. The molecule has 0 radical (unpaired) electrons. The number of halogens is 1. The van der Waals surface area contributed by atoms with Crippen molar-refractivity contribution >= 4 is 34.7 Å². The van der Waals surface area contributed by atoms with Crippen LogP contribution >= 0.6 is 23.7 Å². The highest BCUT2D eigenvalue weighted by Crippen LogP contribution is 2.22. The van der Waals surface area contributed by atoms with Crippen LogP contribution < -0.4 is 10.6 Å². The van der Waals surface area contributed by atoms with E-state index in [1.165, 1.54) is 11.4 Å². The number of nitro groups is 1. The first kappa shape index (κ1) is 17.8. The summed E-state index contributed by atoms with van der Waals surface area (Å²) >= 11 is 0.944. The standard InChI is InChI=1S/C10H15N3O4S.ClH/c1-17-5-4-11-2-3-12-10(14)8-6-9(13(15)16)18-7-8;/h6-7,11H,2-5H2,1H3,(H,12,14);1H. The van der Waals surface area contributed by atoms with Gasteiger partial charge in [-0.15, -0.1) is 12.4 Å². The summed E-state index contributed by atoms with van der Waals surface area (Å²) in [5.74, 6) is -0.298. The second kappa shape index (κ2) is 9.68. The first-order valence-corrected chi connectivity index (χ1v) is 6.24. The molecular weight excluding hydrogens is 294 g/mol. The maximum absolute atomic E-state index is 11.6. The van der Waals surface area contributed by atoms with Gasteiger partial charge in [0.05, 0.1) is 17.1 Å². The van der Waals surface area contributed by atoms with Crippen LogP contribution in [0, 0.1) is 10.1 Å². The zero-order valence-corrected chi connectivity index (χ0v) is 12.0. The molecule has 2 N–H and O–H groups in total. The predicted octanol–water partition coefficient (Wildman–Crippen LogP) is 1.04. The van der Waals surface area contributed by atoms with Crippen LogP contribution in [0.3, 0.4) is 0 Å². The van der Waals surface area contributed by atoms with Gasteiger partial charge < -0.3 is 15.4 Å². The maximum Gasteiger partial charge on any atom is 0.324 e. The molecule has 0 aliphatic carbocycles. The van der Waals surface area contributed by atoms with Gasteiger partial charge in [-0.05, 0) is 0 Å². The Balaban J connectivity index is 0.00000324. The third-order valence-electron chi connectivity index (χ3n) is 2.10. The molecular formula is C10H16ClN3O4S. The summed E-state index contributed by atoms with van der Waals surface area (Å²) < 4.78 is 4.85. The molecule has 0 saturated carbocycles. The first-order valence-electron chi connectivity index (χ1n) is 5.36. The summed E-state index contributed by atoms with van der Waals surface area (Å²) in [7, 11) is 1.62. The van der Waals surface area contributed by atoms with Gasteiger partial charge in [0.1, 0.15) is 0 Å². The van der Waals surface area contributed by atoms with E-state index in [2.05, 4.69) is 10.6 Å². The maximum atomic E-state index is 11.6. The number of rotatable bonds is 8. The fraction of sp³-hybridized carbons (Fsp3) is 0.500. The van der Waals surface area contributed by atoms with Crippen LogP contribution in [0.25, 0.3) is 0 Å². The van der Waals surface area contributed by atoms with Crippen molar-refractivity contribution in [3.8, 4) is 0 Å². The Morgan fingerprint density at radius 2 is 2.21 bits per heavy atom. The van der Waals surface area contributed by atoms with E-state index in [1.807, 2.05) is 0 Å². The highest BCUT2D eigenvalue weighted by Gasteiger charge is 2.14. The normalized spacial score (nSPS) is 9.74. The van der Waals surface area contributed by atoms with Crippen molar-refractivity contribution in [2.45, 2.75) is 0 Å². The second-order valence-corrected chi connectivity index (χ2v) is 4.32. The molecule has 7 nitrogen and oxygen atoms in total. The van der Waals surface area contributed by atoms with E-state index >= 15 is 0 Å². The summed E-state index contributed by atoms with van der Waals surface area (Å²) in [6.45, 7) is 2.43. The van der Waals surface area contributed by atoms with Crippen molar-refractivity contribution in [1.29, 1.82) is 0 Å². The topological polar surface area (TPSA) is 93.5 Å². The summed E-state index contributed by atoms with van der Waals surface area (Å²) in [5.41, 5.74) is 0.323. The zero-order valence-electron chi connectivity index (χ0n) is 10.4. The van der Waals surface area contributed by atoms with Crippen LogP contribution in [0.1, 0.15) is 10.4 Å². The molecule has 0 atom stereocenters. The van der Waals surface area contributed by atoms with E-state index in [9.17, 15) is 14.9 Å². The number of methoxy groups -OCH3 is 1. The van der Waals surface area contributed by atoms with Crippen LogP contribution in [-0.4, -0.2) is 44.2 Å². The molecule has 0 aliphatic heterocycles. The van der Waals surface area contributed by atoms with E-state index in [1.54, 1.807) is 7.11 Å². The van der Waals surface area contributed by atoms with E-state index in [-0.39, 0.29) is 23.3 Å². The molecule has 1 rings (SSSR count). The number of hydrogen-bond donors (Lipinski definition) is 2. The SMILES string of the molecule is COCCNCCNC(=O)c1csc([N+](=O)[O-])c1.Cl. The molecule has 1 aromatic rings. The Morgan fingerprint density at radius 3 is 2.79 bits per heavy atom. The van der Waals surface area contributed by atoms with Gasteiger partial charge in [-0.25, -0.2) is 0 Å². The Kier molecular flexibility index (Phi) is 9.06. The van der Waals surface area contributed by atoms with Crippen LogP contribution in [0.15, 0.2) is 11.4 Å². The molecule has 0 aromatic carbocycles. The number of nitrogens with zero attached hydrogens (tertiary/aromatic N) is 1. The molecule has 0 saturated heterocycles. The summed E-state index contributed by atoms with van der Waals surface area (Å²) in [6.07, 6.45) is 0. The second-order valence-electron chi connectivity index (χ2n) is 3.43. The predicted molar refractivity (Wildman–Crippen MR) is 75.3 cm³/mol. The molecule has 0 fully saturated rings. The van der Waals surface area contributed by atoms with Crippen molar-refractivity contribution in [3.63, 3.8) is 0 Å². The minimum Gasteiger partial charge on any atom is -0.383 e. The molecule has 0 spiro atoms. The van der Waals surface area contributed by atoms with Gasteiger partial charge in [0.15, 0.2) is 0 Å². The number of nitrogens with one attached hydrogen (secondary N) is 2. The lowest BCUT2D eigenvalue weighted by atomic mass is 10.3. The van der Waals surface area contributed by atoms with Crippen molar-refractivity contribution in [2.24, 2.45) is 0 Å². The lowest BCUT2D eigenvalue weighted by Gasteiger charge is -2.05. The molecule has 0 bridgehead atoms. The zero-order chi connectivity index (χ0) is 13.4. The lowest BCUT2D eigenvalue weighted by Crippen LogP contribution is -2.32. The molecule has 1 aromatic heterocycles. The number of hydrogen-bond acceptors (Lipinski definition) is 6. The van der Waals surface area contributed by atoms with Crippen LogP contribution in [0.2, 0.25) is 0 Å². The van der Waals surface area contributed by atoms with Gasteiger partial charge in [-0.1, -0.05) is 11.3 Å². The molecule has 108 valence electrons. The molecule has 1 heterocycles. The van der Waals surface area contributed by atoms with Crippen molar-refractivity contribution in [2.75, 3.05) is 33.4 Å². The summed E-state index contributed by atoms with van der Waals surface area (Å²) in [5, 5.41) is 17.6. The third-order valence-corrected chi connectivity index (χ3v) is 2.98. The quantitative estimate of drug-likeness (QED) is 0.425. The number of amides is 1. The van der Waals surface area contributed by atoms with Crippen LogP contribution in [0.5, 0.6) is 0 Å². The minimum absolute atomic E-state index is 0. The van der Waals surface area contributed by atoms with E-state index in [0.29, 0.717) is 25.3 Å².